The molecule has 1 aromatic heterocycles. The maximum absolute atomic E-state index is 5.74. The van der Waals surface area contributed by atoms with E-state index in [-0.39, 0.29) is 6.29 Å². The van der Waals surface area contributed by atoms with Crippen molar-refractivity contribution in [3.8, 4) is 0 Å². The Balaban J connectivity index is 2.08. The Hall–Kier alpha value is -1.65. The van der Waals surface area contributed by atoms with Gasteiger partial charge >= 0.3 is 0 Å². The van der Waals surface area contributed by atoms with Crippen molar-refractivity contribution in [1.29, 1.82) is 0 Å². The summed E-state index contributed by atoms with van der Waals surface area (Å²) < 4.78 is 11.1. The lowest BCUT2D eigenvalue weighted by Gasteiger charge is -2.23. The molecule has 0 saturated carbocycles. The summed E-state index contributed by atoms with van der Waals surface area (Å²) in [6, 6.07) is 11.8. The Morgan fingerprint density at radius 3 is 2.88 bits per heavy atom. The molecule has 1 aromatic carbocycles. The molecule has 0 fully saturated rings. The number of benzene rings is 1. The van der Waals surface area contributed by atoms with Gasteiger partial charge in [0.2, 0.25) is 12.2 Å². The highest BCUT2D eigenvalue weighted by Gasteiger charge is 2.24. The Morgan fingerprint density at radius 2 is 2.12 bits per heavy atom. The zero-order valence-corrected chi connectivity index (χ0v) is 10.1. The first-order valence-electron chi connectivity index (χ1n) is 5.29. The van der Waals surface area contributed by atoms with E-state index in [9.17, 15) is 0 Å². The molecule has 2 heterocycles. The second-order valence-electron chi connectivity index (χ2n) is 3.64. The predicted molar refractivity (Wildman–Crippen MR) is 67.8 cm³/mol. The van der Waals surface area contributed by atoms with Crippen LogP contribution in [0.1, 0.15) is 16.7 Å². The van der Waals surface area contributed by atoms with Crippen molar-refractivity contribution in [2.24, 2.45) is 4.99 Å². The van der Waals surface area contributed by atoms with Crippen LogP contribution >= 0.6 is 11.3 Å². The third-order valence-corrected chi connectivity index (χ3v) is 3.44. The molecule has 1 unspecified atom stereocenters. The number of fused-ring (bicyclic) bond motifs is 1. The lowest BCUT2D eigenvalue weighted by atomic mass is 10.1. The second-order valence-corrected chi connectivity index (χ2v) is 4.59. The van der Waals surface area contributed by atoms with Gasteiger partial charge < -0.3 is 9.47 Å². The average Bonchev–Trinajstić information content (AvgIpc) is 2.91. The number of rotatable bonds is 2. The van der Waals surface area contributed by atoms with Crippen molar-refractivity contribution < 1.29 is 9.47 Å². The molecule has 0 N–H and O–H groups in total. The number of hydrogen-bond acceptors (Lipinski definition) is 4. The smallest absolute Gasteiger partial charge is 0.234 e. The predicted octanol–water partition coefficient (Wildman–Crippen LogP) is 3.50. The summed E-state index contributed by atoms with van der Waals surface area (Å²) in [7, 11) is 1.64. The molecule has 4 heteroatoms. The number of para-hydroxylation sites is 1. The number of nitrogens with zero attached hydrogens (tertiary/aromatic N) is 1. The van der Waals surface area contributed by atoms with Crippen molar-refractivity contribution in [2.45, 2.75) is 6.29 Å². The van der Waals surface area contributed by atoms with Gasteiger partial charge in [-0.2, -0.15) is 0 Å². The van der Waals surface area contributed by atoms with Crippen LogP contribution in [0.2, 0.25) is 0 Å². The Kier molecular flexibility index (Phi) is 2.66. The number of hydrogen-bond donors (Lipinski definition) is 0. The molecule has 0 radical (unpaired) electrons. The molecule has 0 saturated heterocycles. The van der Waals surface area contributed by atoms with Gasteiger partial charge in [-0.05, 0) is 17.5 Å². The minimum atomic E-state index is -0.374. The number of aliphatic imine (C=N–C) groups is 1. The van der Waals surface area contributed by atoms with E-state index in [1.807, 2.05) is 41.8 Å². The van der Waals surface area contributed by atoms with Gasteiger partial charge in [-0.15, -0.1) is 11.3 Å². The van der Waals surface area contributed by atoms with Gasteiger partial charge in [0.15, 0.2) is 0 Å². The van der Waals surface area contributed by atoms with Crippen LogP contribution in [0, 0.1) is 0 Å². The van der Waals surface area contributed by atoms with Crippen molar-refractivity contribution in [3.05, 3.63) is 52.2 Å². The third-order valence-electron chi connectivity index (χ3n) is 2.58. The van der Waals surface area contributed by atoms with Gasteiger partial charge in [-0.25, -0.2) is 4.99 Å². The highest BCUT2D eigenvalue weighted by atomic mass is 32.1. The fourth-order valence-corrected chi connectivity index (χ4v) is 2.43. The fourth-order valence-electron chi connectivity index (χ4n) is 1.78. The van der Waals surface area contributed by atoms with Crippen molar-refractivity contribution in [3.63, 3.8) is 0 Å². The van der Waals surface area contributed by atoms with E-state index >= 15 is 0 Å². The van der Waals surface area contributed by atoms with E-state index < -0.39 is 0 Å². The van der Waals surface area contributed by atoms with Crippen LogP contribution in [0.4, 0.5) is 5.69 Å². The van der Waals surface area contributed by atoms with E-state index in [4.69, 9.17) is 9.47 Å². The molecule has 2 aromatic rings. The molecule has 3 rings (SSSR count). The normalized spacial score (nSPS) is 18.2. The topological polar surface area (TPSA) is 30.8 Å². The summed E-state index contributed by atoms with van der Waals surface area (Å²) in [5, 5.41) is 2.00. The lowest BCUT2D eigenvalue weighted by Crippen LogP contribution is -2.17. The van der Waals surface area contributed by atoms with Crippen LogP contribution in [0.25, 0.3) is 0 Å². The van der Waals surface area contributed by atoms with Crippen LogP contribution in [-0.2, 0) is 9.47 Å². The molecule has 1 atom stereocenters. The van der Waals surface area contributed by atoms with Crippen molar-refractivity contribution >= 4 is 22.9 Å². The van der Waals surface area contributed by atoms with Gasteiger partial charge in [-0.3, -0.25) is 0 Å². The van der Waals surface area contributed by atoms with E-state index in [2.05, 4.69) is 4.99 Å². The molecule has 86 valence electrons. The SMILES string of the molecule is COC1OC(c2cccs2)=Nc2ccccc21. The summed E-state index contributed by atoms with van der Waals surface area (Å²) in [5.74, 6) is 0.630. The van der Waals surface area contributed by atoms with Gasteiger partial charge in [0.25, 0.3) is 0 Å². The highest BCUT2D eigenvalue weighted by Crippen LogP contribution is 2.34. The standard InChI is InChI=1S/C13H11NO2S/c1-15-13-9-5-2-3-6-10(9)14-12(16-13)11-7-4-8-17-11/h2-8,13H,1H3. The first-order chi connectivity index (χ1) is 8.38. The van der Waals surface area contributed by atoms with Gasteiger partial charge in [-0.1, -0.05) is 24.3 Å². The van der Waals surface area contributed by atoms with Crippen LogP contribution in [0.3, 0.4) is 0 Å². The molecule has 1 aliphatic heterocycles. The number of methoxy groups -OCH3 is 1. The molecule has 1 aliphatic rings. The second kappa shape index (κ2) is 4.31. The van der Waals surface area contributed by atoms with Crippen LogP contribution in [0.5, 0.6) is 0 Å². The summed E-state index contributed by atoms with van der Waals surface area (Å²) in [6.45, 7) is 0. The van der Waals surface area contributed by atoms with Crippen molar-refractivity contribution in [1.82, 2.24) is 0 Å². The van der Waals surface area contributed by atoms with Gasteiger partial charge in [0.1, 0.15) is 0 Å². The van der Waals surface area contributed by atoms with E-state index in [1.165, 1.54) is 0 Å². The van der Waals surface area contributed by atoms with E-state index in [0.29, 0.717) is 5.90 Å². The van der Waals surface area contributed by atoms with Crippen molar-refractivity contribution in [2.75, 3.05) is 7.11 Å². The monoisotopic (exact) mass is 245 g/mol. The Morgan fingerprint density at radius 1 is 1.24 bits per heavy atom. The summed E-state index contributed by atoms with van der Waals surface area (Å²) >= 11 is 1.61. The van der Waals surface area contributed by atoms with Crippen LogP contribution in [-0.4, -0.2) is 13.0 Å². The first-order valence-corrected chi connectivity index (χ1v) is 6.17. The largest absolute Gasteiger partial charge is 0.442 e. The zero-order chi connectivity index (χ0) is 11.7. The van der Waals surface area contributed by atoms with Gasteiger partial charge in [0, 0.05) is 12.7 Å². The highest BCUT2D eigenvalue weighted by molar-refractivity contribution is 7.12. The molecule has 0 spiro atoms. The number of thiophene rings is 1. The quantitative estimate of drug-likeness (QED) is 0.810. The zero-order valence-electron chi connectivity index (χ0n) is 9.29. The van der Waals surface area contributed by atoms with Crippen LogP contribution < -0.4 is 0 Å². The maximum Gasteiger partial charge on any atom is 0.234 e. The average molecular weight is 245 g/mol. The van der Waals surface area contributed by atoms with Crippen LogP contribution in [0.15, 0.2) is 46.8 Å². The molecular weight excluding hydrogens is 234 g/mol. The lowest BCUT2D eigenvalue weighted by molar-refractivity contribution is -0.0667. The first kappa shape index (κ1) is 10.5. The Labute approximate surface area is 103 Å². The molecule has 0 amide bonds. The third kappa shape index (κ3) is 1.85. The Bertz CT molecular complexity index is 548. The van der Waals surface area contributed by atoms with Gasteiger partial charge in [0.05, 0.1) is 10.6 Å². The molecular formula is C13H11NO2S. The number of ether oxygens (including phenoxy) is 2. The van der Waals surface area contributed by atoms with E-state index in [1.54, 1.807) is 18.4 Å². The molecule has 3 nitrogen and oxygen atoms in total. The summed E-state index contributed by atoms with van der Waals surface area (Å²) in [4.78, 5) is 5.53. The molecule has 17 heavy (non-hydrogen) atoms. The fraction of sp³-hybridized carbons (Fsp3) is 0.154. The minimum absolute atomic E-state index is 0.374. The summed E-state index contributed by atoms with van der Waals surface area (Å²) in [6.07, 6.45) is -0.374. The summed E-state index contributed by atoms with van der Waals surface area (Å²) in [5.41, 5.74) is 1.88. The van der Waals surface area contributed by atoms with E-state index in [0.717, 1.165) is 16.1 Å². The molecule has 0 bridgehead atoms. The molecule has 0 aliphatic carbocycles. The minimum Gasteiger partial charge on any atom is -0.442 e. The maximum atomic E-state index is 5.74.